The second-order valence-corrected chi connectivity index (χ2v) is 7.11. The van der Waals surface area contributed by atoms with Gasteiger partial charge >= 0.3 is 6.09 Å². The molecule has 0 saturated carbocycles. The van der Waals surface area contributed by atoms with Gasteiger partial charge < -0.3 is 9.64 Å². The van der Waals surface area contributed by atoms with Gasteiger partial charge in [-0.15, -0.1) is 0 Å². The van der Waals surface area contributed by atoms with Crippen molar-refractivity contribution in [2.45, 2.75) is 39.2 Å². The van der Waals surface area contributed by atoms with Crippen LogP contribution in [0.2, 0.25) is 5.02 Å². The fourth-order valence-corrected chi connectivity index (χ4v) is 2.74. The van der Waals surface area contributed by atoms with Crippen LogP contribution in [0.3, 0.4) is 0 Å². The number of piperidine rings is 1. The summed E-state index contributed by atoms with van der Waals surface area (Å²) in [6, 6.07) is 7.49. The molecule has 0 bridgehead atoms. The van der Waals surface area contributed by atoms with Crippen LogP contribution < -0.4 is 0 Å². The molecular weight excluding hydrogens is 302 g/mol. The van der Waals surface area contributed by atoms with Gasteiger partial charge in [0.05, 0.1) is 0 Å². The average Bonchev–Trinajstić information content (AvgIpc) is 2.39. The summed E-state index contributed by atoms with van der Waals surface area (Å²) in [5.41, 5.74) is 0.484. The number of rotatable bonds is 2. The van der Waals surface area contributed by atoms with E-state index < -0.39 is 5.60 Å². The molecule has 0 N–H and O–H groups in total. The lowest BCUT2D eigenvalue weighted by Crippen LogP contribution is -2.46. The molecule has 0 radical (unpaired) electrons. The first-order chi connectivity index (χ1) is 10.2. The number of nitrogens with zero attached hydrogens (tertiary/aromatic N) is 1. The van der Waals surface area contributed by atoms with Gasteiger partial charge in [-0.25, -0.2) is 4.79 Å². The second kappa shape index (κ2) is 6.69. The highest BCUT2D eigenvalue weighted by Gasteiger charge is 2.32. The van der Waals surface area contributed by atoms with Gasteiger partial charge in [0.15, 0.2) is 0 Å². The Balaban J connectivity index is 2.02. The predicted octanol–water partition coefficient (Wildman–Crippen LogP) is 3.71. The Hall–Kier alpha value is -1.55. The number of ketones is 1. The number of ether oxygens (including phenoxy) is 1. The van der Waals surface area contributed by atoms with E-state index in [1.807, 2.05) is 39.0 Å². The van der Waals surface area contributed by atoms with Crippen LogP contribution in [0.25, 0.3) is 0 Å². The summed E-state index contributed by atoms with van der Waals surface area (Å²) in [6.07, 6.45) is 0.625. The van der Waals surface area contributed by atoms with E-state index in [4.69, 9.17) is 16.3 Å². The van der Waals surface area contributed by atoms with Crippen LogP contribution in [0.4, 0.5) is 4.79 Å². The Labute approximate surface area is 136 Å². The van der Waals surface area contributed by atoms with Crippen LogP contribution in [-0.2, 0) is 16.0 Å². The summed E-state index contributed by atoms with van der Waals surface area (Å²) >= 11 is 5.98. The molecule has 0 spiro atoms. The van der Waals surface area contributed by atoms with Crippen molar-refractivity contribution in [2.24, 2.45) is 5.92 Å². The third-order valence-corrected chi connectivity index (χ3v) is 3.78. The van der Waals surface area contributed by atoms with Crippen LogP contribution in [-0.4, -0.2) is 35.5 Å². The van der Waals surface area contributed by atoms with Gasteiger partial charge in [0, 0.05) is 30.5 Å². The van der Waals surface area contributed by atoms with Crippen LogP contribution >= 0.6 is 11.6 Å². The predicted molar refractivity (Wildman–Crippen MR) is 86.1 cm³/mol. The van der Waals surface area contributed by atoms with E-state index in [0.29, 0.717) is 31.0 Å². The van der Waals surface area contributed by atoms with Crippen LogP contribution in [0.15, 0.2) is 24.3 Å². The summed E-state index contributed by atoms with van der Waals surface area (Å²) in [7, 11) is 0. The SMILES string of the molecule is CC(C)(C)OC(=O)N1CCC(=O)[C@@H](Cc2cccc(Cl)c2)C1. The minimum atomic E-state index is -0.527. The maximum Gasteiger partial charge on any atom is 0.410 e. The molecule has 1 aromatic carbocycles. The minimum Gasteiger partial charge on any atom is -0.444 e. The molecule has 120 valence electrons. The van der Waals surface area contributed by atoms with Gasteiger partial charge in [0.25, 0.3) is 0 Å². The highest BCUT2D eigenvalue weighted by molar-refractivity contribution is 6.30. The minimum absolute atomic E-state index is 0.194. The van der Waals surface area contributed by atoms with E-state index in [9.17, 15) is 9.59 Å². The molecule has 1 aliphatic rings. The Bertz CT molecular complexity index is 565. The molecule has 1 atom stereocenters. The smallest absolute Gasteiger partial charge is 0.410 e. The molecule has 22 heavy (non-hydrogen) atoms. The standard InChI is InChI=1S/C17H22ClNO3/c1-17(2,3)22-16(21)19-8-7-15(20)13(11-19)9-12-5-4-6-14(18)10-12/h4-6,10,13H,7-9,11H2,1-3H3/t13-/m0/s1. The average molecular weight is 324 g/mol. The number of amides is 1. The molecule has 5 heteroatoms. The molecule has 1 amide bonds. The monoisotopic (exact) mass is 323 g/mol. The fraction of sp³-hybridized carbons (Fsp3) is 0.529. The Kier molecular flexibility index (Phi) is 5.12. The van der Waals surface area contributed by atoms with Gasteiger partial charge in [0.1, 0.15) is 11.4 Å². The highest BCUT2D eigenvalue weighted by Crippen LogP contribution is 2.21. The number of benzene rings is 1. The van der Waals surface area contributed by atoms with Crippen molar-refractivity contribution in [3.8, 4) is 0 Å². The number of hydrogen-bond donors (Lipinski definition) is 0. The zero-order valence-electron chi connectivity index (χ0n) is 13.3. The van der Waals surface area contributed by atoms with Crippen molar-refractivity contribution in [3.05, 3.63) is 34.9 Å². The lowest BCUT2D eigenvalue weighted by atomic mass is 9.90. The van der Waals surface area contributed by atoms with Crippen molar-refractivity contribution in [2.75, 3.05) is 13.1 Å². The van der Waals surface area contributed by atoms with Crippen molar-refractivity contribution in [3.63, 3.8) is 0 Å². The van der Waals surface area contributed by atoms with E-state index in [1.54, 1.807) is 11.0 Å². The third kappa shape index (κ3) is 4.73. The summed E-state index contributed by atoms with van der Waals surface area (Å²) in [5, 5.41) is 0.657. The van der Waals surface area contributed by atoms with Crippen LogP contribution in [0.5, 0.6) is 0 Å². The zero-order valence-corrected chi connectivity index (χ0v) is 14.0. The van der Waals surface area contributed by atoms with E-state index in [-0.39, 0.29) is 17.8 Å². The molecule has 2 rings (SSSR count). The molecule has 0 unspecified atom stereocenters. The highest BCUT2D eigenvalue weighted by atomic mass is 35.5. The normalized spacial score (nSPS) is 19.2. The number of halogens is 1. The van der Waals surface area contributed by atoms with Crippen molar-refractivity contribution >= 4 is 23.5 Å². The topological polar surface area (TPSA) is 46.6 Å². The van der Waals surface area contributed by atoms with E-state index in [1.165, 1.54) is 0 Å². The van der Waals surface area contributed by atoms with Crippen LogP contribution in [0, 0.1) is 5.92 Å². The molecule has 1 aromatic rings. The first kappa shape index (κ1) is 16.8. The molecular formula is C17H22ClNO3. The quantitative estimate of drug-likeness (QED) is 0.833. The van der Waals surface area contributed by atoms with E-state index in [2.05, 4.69) is 0 Å². The molecule has 1 saturated heterocycles. The lowest BCUT2D eigenvalue weighted by molar-refractivity contribution is -0.125. The first-order valence-corrected chi connectivity index (χ1v) is 7.87. The molecule has 0 aliphatic carbocycles. The van der Waals surface area contributed by atoms with E-state index in [0.717, 1.165) is 5.56 Å². The van der Waals surface area contributed by atoms with Crippen molar-refractivity contribution < 1.29 is 14.3 Å². The van der Waals surface area contributed by atoms with Gasteiger partial charge in [0.2, 0.25) is 0 Å². The van der Waals surface area contributed by atoms with Gasteiger partial charge in [-0.1, -0.05) is 23.7 Å². The molecule has 0 aromatic heterocycles. The van der Waals surface area contributed by atoms with Gasteiger partial charge in [-0.3, -0.25) is 4.79 Å². The maximum absolute atomic E-state index is 12.1. The third-order valence-electron chi connectivity index (χ3n) is 3.55. The summed E-state index contributed by atoms with van der Waals surface area (Å²) < 4.78 is 5.38. The van der Waals surface area contributed by atoms with Crippen molar-refractivity contribution in [1.29, 1.82) is 0 Å². The molecule has 1 heterocycles. The largest absolute Gasteiger partial charge is 0.444 e. The number of Topliss-reactive ketones (excluding diaryl/α,β-unsaturated/α-hetero) is 1. The number of carbonyl (C=O) groups is 2. The van der Waals surface area contributed by atoms with Gasteiger partial charge in [-0.2, -0.15) is 0 Å². The second-order valence-electron chi connectivity index (χ2n) is 6.67. The summed E-state index contributed by atoms with van der Waals surface area (Å²) in [4.78, 5) is 25.9. The number of likely N-dealkylation sites (tertiary alicyclic amines) is 1. The molecule has 1 fully saturated rings. The van der Waals surface area contributed by atoms with Crippen molar-refractivity contribution in [1.82, 2.24) is 4.90 Å². The molecule has 4 nitrogen and oxygen atoms in total. The van der Waals surface area contributed by atoms with Crippen LogP contribution in [0.1, 0.15) is 32.8 Å². The maximum atomic E-state index is 12.1. The summed E-state index contributed by atoms with van der Waals surface area (Å²) in [6.45, 7) is 6.34. The van der Waals surface area contributed by atoms with Gasteiger partial charge in [-0.05, 0) is 44.9 Å². The fourth-order valence-electron chi connectivity index (χ4n) is 2.53. The molecule has 1 aliphatic heterocycles. The Morgan fingerprint density at radius 3 is 2.77 bits per heavy atom. The Morgan fingerprint density at radius 2 is 2.14 bits per heavy atom. The first-order valence-electron chi connectivity index (χ1n) is 7.50. The zero-order chi connectivity index (χ0) is 16.3. The number of carbonyl (C=O) groups excluding carboxylic acids is 2. The van der Waals surface area contributed by atoms with E-state index >= 15 is 0 Å². The lowest BCUT2D eigenvalue weighted by Gasteiger charge is -2.33. The Morgan fingerprint density at radius 1 is 1.41 bits per heavy atom. The number of hydrogen-bond acceptors (Lipinski definition) is 3. The summed E-state index contributed by atoms with van der Waals surface area (Å²) in [5.74, 6) is -0.000445.